The van der Waals surface area contributed by atoms with E-state index in [1.807, 2.05) is 0 Å². The van der Waals surface area contributed by atoms with Crippen molar-refractivity contribution in [2.75, 3.05) is 6.61 Å². The van der Waals surface area contributed by atoms with Crippen LogP contribution in [0.3, 0.4) is 0 Å². The van der Waals surface area contributed by atoms with Gasteiger partial charge in [-0.25, -0.2) is 0 Å². The van der Waals surface area contributed by atoms with Gasteiger partial charge in [-0.05, 0) is 12.8 Å². The molecule has 0 N–H and O–H groups in total. The molecule has 0 aromatic carbocycles. The average Bonchev–Trinajstić information content (AvgIpc) is 2.33. The topological polar surface area (TPSA) is 26.3 Å². The van der Waals surface area contributed by atoms with E-state index in [2.05, 4.69) is 25.7 Å². The SMILES string of the molecule is CCCCC#CCOC(=O)CCCCCCC. The minimum Gasteiger partial charge on any atom is -0.452 e. The zero-order valence-electron chi connectivity index (χ0n) is 11.4. The molecule has 2 heteroatoms. The second-order valence-corrected chi connectivity index (χ2v) is 4.28. The molecule has 0 aliphatic carbocycles. The maximum absolute atomic E-state index is 11.3. The maximum atomic E-state index is 11.3. The second-order valence-electron chi connectivity index (χ2n) is 4.28. The van der Waals surface area contributed by atoms with Crippen molar-refractivity contribution < 1.29 is 9.53 Å². The van der Waals surface area contributed by atoms with Crippen molar-refractivity contribution in [1.29, 1.82) is 0 Å². The minimum atomic E-state index is -0.105. The van der Waals surface area contributed by atoms with E-state index in [0.717, 1.165) is 32.1 Å². The normalized spacial score (nSPS) is 9.53. The first kappa shape index (κ1) is 16.0. The first-order valence-corrected chi connectivity index (χ1v) is 6.92. The zero-order chi connectivity index (χ0) is 12.8. The number of carbonyl (C=O) groups excluding carboxylic acids is 1. The molecule has 0 aliphatic rings. The monoisotopic (exact) mass is 238 g/mol. The van der Waals surface area contributed by atoms with Gasteiger partial charge in [-0.1, -0.05) is 57.8 Å². The Morgan fingerprint density at radius 2 is 1.65 bits per heavy atom. The van der Waals surface area contributed by atoms with E-state index < -0.39 is 0 Å². The van der Waals surface area contributed by atoms with Crippen molar-refractivity contribution >= 4 is 5.97 Å². The number of carbonyl (C=O) groups is 1. The highest BCUT2D eigenvalue weighted by Gasteiger charge is 2.00. The number of rotatable bonds is 9. The third kappa shape index (κ3) is 13.0. The van der Waals surface area contributed by atoms with Crippen molar-refractivity contribution in [3.63, 3.8) is 0 Å². The Balaban J connectivity index is 3.30. The summed E-state index contributed by atoms with van der Waals surface area (Å²) in [5.41, 5.74) is 0. The van der Waals surface area contributed by atoms with Crippen molar-refractivity contribution in [3.8, 4) is 11.8 Å². The van der Waals surface area contributed by atoms with Crippen LogP contribution in [0.4, 0.5) is 0 Å². The lowest BCUT2D eigenvalue weighted by atomic mass is 10.1. The fourth-order valence-electron chi connectivity index (χ4n) is 1.47. The van der Waals surface area contributed by atoms with E-state index in [-0.39, 0.29) is 12.6 Å². The molecule has 0 radical (unpaired) electrons. The Morgan fingerprint density at radius 1 is 0.941 bits per heavy atom. The summed E-state index contributed by atoms with van der Waals surface area (Å²) in [4.78, 5) is 11.3. The summed E-state index contributed by atoms with van der Waals surface area (Å²) in [7, 11) is 0. The molecule has 0 amide bonds. The van der Waals surface area contributed by atoms with Gasteiger partial charge in [-0.15, -0.1) is 0 Å². The summed E-state index contributed by atoms with van der Waals surface area (Å²) in [5, 5.41) is 0. The largest absolute Gasteiger partial charge is 0.452 e. The van der Waals surface area contributed by atoms with Crippen LogP contribution in [0.1, 0.15) is 71.6 Å². The first-order valence-electron chi connectivity index (χ1n) is 6.92. The van der Waals surface area contributed by atoms with Crippen LogP contribution < -0.4 is 0 Å². The summed E-state index contributed by atoms with van der Waals surface area (Å²) < 4.78 is 5.02. The Hall–Kier alpha value is -0.970. The van der Waals surface area contributed by atoms with Crippen LogP contribution in [0.15, 0.2) is 0 Å². The lowest BCUT2D eigenvalue weighted by Gasteiger charge is -2.00. The summed E-state index contributed by atoms with van der Waals surface area (Å²) in [5.74, 6) is 5.76. The van der Waals surface area contributed by atoms with Gasteiger partial charge in [-0.3, -0.25) is 4.79 Å². The Bertz CT molecular complexity index is 235. The molecule has 0 unspecified atom stereocenters. The molecular weight excluding hydrogens is 212 g/mol. The van der Waals surface area contributed by atoms with Gasteiger partial charge in [0.05, 0.1) is 0 Å². The number of unbranched alkanes of at least 4 members (excludes halogenated alkanes) is 6. The van der Waals surface area contributed by atoms with Crippen LogP contribution in [0.2, 0.25) is 0 Å². The van der Waals surface area contributed by atoms with E-state index in [1.165, 1.54) is 19.3 Å². The molecule has 0 bridgehead atoms. The predicted octanol–water partition coefficient (Wildman–Crippen LogP) is 4.08. The van der Waals surface area contributed by atoms with E-state index in [1.54, 1.807) is 0 Å². The third-order valence-electron chi connectivity index (χ3n) is 2.57. The lowest BCUT2D eigenvalue weighted by molar-refractivity contribution is -0.142. The van der Waals surface area contributed by atoms with Gasteiger partial charge in [0.2, 0.25) is 0 Å². The van der Waals surface area contributed by atoms with E-state index in [4.69, 9.17) is 4.74 Å². The minimum absolute atomic E-state index is 0.105. The van der Waals surface area contributed by atoms with Gasteiger partial charge in [0.1, 0.15) is 0 Å². The molecule has 0 saturated heterocycles. The second kappa shape index (κ2) is 13.1. The van der Waals surface area contributed by atoms with E-state index in [0.29, 0.717) is 6.42 Å². The van der Waals surface area contributed by atoms with E-state index >= 15 is 0 Å². The summed E-state index contributed by atoms with van der Waals surface area (Å²) in [6.45, 7) is 4.59. The molecule has 0 saturated carbocycles. The van der Waals surface area contributed by atoms with Gasteiger partial charge in [0.25, 0.3) is 0 Å². The van der Waals surface area contributed by atoms with Crippen molar-refractivity contribution in [2.45, 2.75) is 71.6 Å². The molecule has 0 aliphatic heterocycles. The van der Waals surface area contributed by atoms with Gasteiger partial charge < -0.3 is 4.74 Å². The molecule has 0 spiro atoms. The quantitative estimate of drug-likeness (QED) is 0.343. The number of esters is 1. The molecular formula is C15H26O2. The summed E-state index contributed by atoms with van der Waals surface area (Å²) in [6, 6.07) is 0. The zero-order valence-corrected chi connectivity index (χ0v) is 11.4. The molecule has 0 aromatic heterocycles. The number of ether oxygens (including phenoxy) is 1. The highest BCUT2D eigenvalue weighted by molar-refractivity contribution is 5.69. The van der Waals surface area contributed by atoms with Gasteiger partial charge >= 0.3 is 5.97 Å². The van der Waals surface area contributed by atoms with Gasteiger partial charge in [0.15, 0.2) is 6.61 Å². The smallest absolute Gasteiger partial charge is 0.306 e. The highest BCUT2D eigenvalue weighted by atomic mass is 16.5. The standard InChI is InChI=1S/C15H26O2/c1-3-5-7-9-11-13-15(16)17-14-12-10-8-6-4-2/h3-9,11,13-14H2,1-2H3. The Morgan fingerprint density at radius 3 is 2.35 bits per heavy atom. The summed E-state index contributed by atoms with van der Waals surface area (Å²) >= 11 is 0. The molecule has 0 heterocycles. The molecule has 0 atom stereocenters. The molecule has 0 fully saturated rings. The van der Waals surface area contributed by atoms with Crippen LogP contribution >= 0.6 is 0 Å². The van der Waals surface area contributed by atoms with Gasteiger partial charge in [-0.2, -0.15) is 0 Å². The molecule has 2 nitrogen and oxygen atoms in total. The lowest BCUT2D eigenvalue weighted by Crippen LogP contribution is -2.04. The first-order chi connectivity index (χ1) is 8.31. The van der Waals surface area contributed by atoms with Gasteiger partial charge in [0, 0.05) is 12.8 Å². The Labute approximate surface area is 106 Å². The van der Waals surface area contributed by atoms with Crippen LogP contribution in [0.5, 0.6) is 0 Å². The average molecular weight is 238 g/mol. The molecule has 17 heavy (non-hydrogen) atoms. The van der Waals surface area contributed by atoms with Crippen molar-refractivity contribution in [1.82, 2.24) is 0 Å². The van der Waals surface area contributed by atoms with Crippen LogP contribution in [0, 0.1) is 11.8 Å². The third-order valence-corrected chi connectivity index (χ3v) is 2.57. The van der Waals surface area contributed by atoms with Crippen molar-refractivity contribution in [3.05, 3.63) is 0 Å². The molecule has 98 valence electrons. The fourth-order valence-corrected chi connectivity index (χ4v) is 1.47. The molecule has 0 rings (SSSR count). The maximum Gasteiger partial charge on any atom is 0.306 e. The number of hydrogen-bond donors (Lipinski definition) is 0. The highest BCUT2D eigenvalue weighted by Crippen LogP contribution is 2.05. The van der Waals surface area contributed by atoms with Crippen LogP contribution in [-0.4, -0.2) is 12.6 Å². The van der Waals surface area contributed by atoms with E-state index in [9.17, 15) is 4.79 Å². The molecule has 0 aromatic rings. The van der Waals surface area contributed by atoms with Crippen LogP contribution in [0.25, 0.3) is 0 Å². The number of hydrogen-bond acceptors (Lipinski definition) is 2. The van der Waals surface area contributed by atoms with Crippen LogP contribution in [-0.2, 0) is 9.53 Å². The van der Waals surface area contributed by atoms with Crippen molar-refractivity contribution in [2.24, 2.45) is 0 Å². The Kier molecular flexibility index (Phi) is 12.3. The fraction of sp³-hybridized carbons (Fsp3) is 0.800. The predicted molar refractivity (Wildman–Crippen MR) is 71.6 cm³/mol. The summed E-state index contributed by atoms with van der Waals surface area (Å²) in [6.07, 6.45) is 9.53.